The van der Waals surface area contributed by atoms with Gasteiger partial charge in [0.2, 0.25) is 0 Å². The fourth-order valence-electron chi connectivity index (χ4n) is 5.31. The van der Waals surface area contributed by atoms with Crippen molar-refractivity contribution in [1.82, 2.24) is 20.1 Å². The van der Waals surface area contributed by atoms with Crippen LogP contribution in [-0.2, 0) is 11.2 Å². The van der Waals surface area contributed by atoms with E-state index in [-0.39, 0.29) is 0 Å². The molecular weight excluding hydrogens is 374 g/mol. The molecule has 2 aromatic heterocycles. The van der Waals surface area contributed by atoms with Gasteiger partial charge in [0.1, 0.15) is 11.6 Å². The quantitative estimate of drug-likeness (QED) is 0.658. The fraction of sp³-hybridized carbons (Fsp3) is 0.708. The van der Waals surface area contributed by atoms with Gasteiger partial charge in [0.05, 0.1) is 10.9 Å². The molecule has 2 heterocycles. The highest BCUT2D eigenvalue weighted by Crippen LogP contribution is 2.30. The number of rotatable bonds is 8. The summed E-state index contributed by atoms with van der Waals surface area (Å²) in [6.45, 7) is 0. The molecule has 0 unspecified atom stereocenters. The highest BCUT2D eigenvalue weighted by Gasteiger charge is 2.24. The Morgan fingerprint density at radius 2 is 1.90 bits per heavy atom. The second kappa shape index (κ2) is 9.90. The summed E-state index contributed by atoms with van der Waals surface area (Å²) in [4.78, 5) is 19.6. The summed E-state index contributed by atoms with van der Waals surface area (Å²) in [5.41, 5.74) is 1.98. The van der Waals surface area contributed by atoms with Gasteiger partial charge in [-0.15, -0.1) is 0 Å². The van der Waals surface area contributed by atoms with Crippen molar-refractivity contribution in [2.45, 2.75) is 89.1 Å². The Hall–Kier alpha value is -1.95. The van der Waals surface area contributed by atoms with Crippen LogP contribution in [-0.4, -0.2) is 52.0 Å². The van der Waals surface area contributed by atoms with E-state index in [0.717, 1.165) is 28.8 Å². The van der Waals surface area contributed by atoms with Crippen LogP contribution in [0, 0.1) is 5.92 Å². The van der Waals surface area contributed by atoms with Crippen LogP contribution in [0.1, 0.15) is 76.3 Å². The normalized spacial score (nSPS) is 23.2. The molecule has 0 spiro atoms. The topological polar surface area (TPSA) is 73.9 Å². The maximum Gasteiger partial charge on any atom is 0.137 e. The summed E-state index contributed by atoms with van der Waals surface area (Å²) >= 11 is 0. The molecule has 2 fully saturated rings. The molecule has 2 saturated carbocycles. The van der Waals surface area contributed by atoms with Crippen molar-refractivity contribution >= 4 is 22.5 Å². The molecule has 164 valence electrons. The van der Waals surface area contributed by atoms with Crippen LogP contribution in [0.4, 0.5) is 5.82 Å². The lowest BCUT2D eigenvalue weighted by Crippen LogP contribution is -2.32. The predicted molar refractivity (Wildman–Crippen MR) is 122 cm³/mol. The van der Waals surface area contributed by atoms with Crippen LogP contribution in [0.2, 0.25) is 0 Å². The van der Waals surface area contributed by atoms with Crippen LogP contribution in [0.15, 0.2) is 12.3 Å². The van der Waals surface area contributed by atoms with Crippen LogP contribution < -0.4 is 5.32 Å². The van der Waals surface area contributed by atoms with Crippen molar-refractivity contribution in [3.63, 3.8) is 0 Å². The van der Waals surface area contributed by atoms with Gasteiger partial charge in [-0.05, 0) is 71.0 Å². The van der Waals surface area contributed by atoms with Crippen LogP contribution in [0.3, 0.4) is 0 Å². The number of nitrogens with one attached hydrogen (secondary N) is 2. The third kappa shape index (κ3) is 5.20. The first kappa shape index (κ1) is 21.3. The van der Waals surface area contributed by atoms with Gasteiger partial charge in [0, 0.05) is 36.8 Å². The number of fused-ring (bicyclic) bond motifs is 1. The number of nitrogens with zero attached hydrogens (tertiary/aromatic N) is 3. The van der Waals surface area contributed by atoms with Gasteiger partial charge < -0.3 is 10.2 Å². The first-order valence-corrected chi connectivity index (χ1v) is 11.9. The Bertz CT molecular complexity index is 831. The molecule has 2 aliphatic rings. The Balaban J connectivity index is 1.34. The van der Waals surface area contributed by atoms with E-state index in [9.17, 15) is 4.79 Å². The van der Waals surface area contributed by atoms with Gasteiger partial charge in [0.15, 0.2) is 0 Å². The molecule has 0 bridgehead atoms. The van der Waals surface area contributed by atoms with Crippen LogP contribution in [0.25, 0.3) is 10.9 Å². The molecule has 4 rings (SSSR count). The SMILES string of the molecule is CN(C)C1CCC(CC(=O)CCc2[nH]nc3ccnc(NC4CCCCC4)c23)CC1. The molecule has 6 heteroatoms. The molecule has 0 amide bonds. The van der Waals surface area contributed by atoms with Crippen molar-refractivity contribution in [1.29, 1.82) is 0 Å². The Kier molecular flexibility index (Phi) is 7.03. The standard InChI is InChI=1S/C24H37N5O/c1-29(2)19-10-8-17(9-11-19)16-20(30)12-13-21-23-22(28-27-21)14-15-25-24(23)26-18-6-4-3-5-7-18/h14-15,17-19H,3-13,16H2,1-2H3,(H,25,26)(H,27,28). The van der Waals surface area contributed by atoms with Gasteiger partial charge in [0.25, 0.3) is 0 Å². The van der Waals surface area contributed by atoms with Crippen molar-refractivity contribution in [3.05, 3.63) is 18.0 Å². The molecule has 0 saturated heterocycles. The molecular formula is C24H37N5O. The van der Waals surface area contributed by atoms with Gasteiger partial charge in [-0.2, -0.15) is 5.10 Å². The molecule has 0 radical (unpaired) electrons. The average Bonchev–Trinajstić information content (AvgIpc) is 3.18. The summed E-state index contributed by atoms with van der Waals surface area (Å²) in [7, 11) is 4.33. The number of aryl methyl sites for hydroxylation is 1. The number of H-pyrrole nitrogens is 1. The van der Waals surface area contributed by atoms with Gasteiger partial charge >= 0.3 is 0 Å². The zero-order valence-corrected chi connectivity index (χ0v) is 18.6. The number of hydrogen-bond donors (Lipinski definition) is 2. The third-order valence-electron chi connectivity index (χ3n) is 7.20. The third-order valence-corrected chi connectivity index (χ3v) is 7.20. The van der Waals surface area contributed by atoms with Crippen molar-refractivity contribution in [2.24, 2.45) is 5.92 Å². The minimum atomic E-state index is 0.386. The molecule has 0 atom stereocenters. The fourth-order valence-corrected chi connectivity index (χ4v) is 5.31. The number of aromatic nitrogens is 3. The zero-order valence-electron chi connectivity index (χ0n) is 18.6. The van der Waals surface area contributed by atoms with Gasteiger partial charge in [-0.25, -0.2) is 4.98 Å². The van der Waals surface area contributed by atoms with E-state index in [2.05, 4.69) is 39.5 Å². The maximum atomic E-state index is 12.7. The minimum absolute atomic E-state index is 0.386. The number of aromatic amines is 1. The van der Waals surface area contributed by atoms with Crippen LogP contribution >= 0.6 is 0 Å². The van der Waals surface area contributed by atoms with E-state index in [4.69, 9.17) is 0 Å². The summed E-state index contributed by atoms with van der Waals surface area (Å²) < 4.78 is 0. The number of anilines is 1. The number of Topliss-reactive ketones (excluding diaryl/α,β-unsaturated/α-hetero) is 1. The van der Waals surface area contributed by atoms with E-state index >= 15 is 0 Å². The summed E-state index contributed by atoms with van der Waals surface area (Å²) in [5.74, 6) is 1.88. The average molecular weight is 412 g/mol. The van der Waals surface area contributed by atoms with Crippen molar-refractivity contribution < 1.29 is 4.79 Å². The highest BCUT2D eigenvalue weighted by atomic mass is 16.1. The number of ketones is 1. The second-order valence-corrected chi connectivity index (χ2v) is 9.62. The smallest absolute Gasteiger partial charge is 0.137 e. The molecule has 2 N–H and O–H groups in total. The van der Waals surface area contributed by atoms with E-state index in [1.807, 2.05) is 12.3 Å². The Morgan fingerprint density at radius 1 is 1.13 bits per heavy atom. The minimum Gasteiger partial charge on any atom is -0.367 e. The summed E-state index contributed by atoms with van der Waals surface area (Å²) in [6.07, 6.45) is 15.0. The molecule has 0 aromatic carbocycles. The monoisotopic (exact) mass is 411 g/mol. The Morgan fingerprint density at radius 3 is 2.63 bits per heavy atom. The lowest BCUT2D eigenvalue weighted by atomic mass is 9.82. The van der Waals surface area contributed by atoms with Crippen molar-refractivity contribution in [2.75, 3.05) is 19.4 Å². The first-order chi connectivity index (χ1) is 14.6. The first-order valence-electron chi connectivity index (χ1n) is 11.9. The Labute approximate surface area is 180 Å². The zero-order chi connectivity index (χ0) is 20.9. The second-order valence-electron chi connectivity index (χ2n) is 9.62. The lowest BCUT2D eigenvalue weighted by molar-refractivity contribution is -0.120. The van der Waals surface area contributed by atoms with E-state index < -0.39 is 0 Å². The molecule has 6 nitrogen and oxygen atoms in total. The van der Waals surface area contributed by atoms with E-state index in [0.29, 0.717) is 36.6 Å². The van der Waals surface area contributed by atoms with E-state index in [1.165, 1.54) is 57.8 Å². The molecule has 30 heavy (non-hydrogen) atoms. The lowest BCUT2D eigenvalue weighted by Gasteiger charge is -2.32. The predicted octanol–water partition coefficient (Wildman–Crippen LogP) is 4.71. The molecule has 2 aliphatic carbocycles. The van der Waals surface area contributed by atoms with Crippen molar-refractivity contribution in [3.8, 4) is 0 Å². The largest absolute Gasteiger partial charge is 0.367 e. The molecule has 2 aromatic rings. The van der Waals surface area contributed by atoms with E-state index in [1.54, 1.807) is 0 Å². The number of pyridine rings is 1. The highest BCUT2D eigenvalue weighted by molar-refractivity contribution is 5.92. The van der Waals surface area contributed by atoms with Gasteiger partial charge in [-0.1, -0.05) is 19.3 Å². The number of carbonyl (C=O) groups excluding carboxylic acids is 1. The number of carbonyl (C=O) groups is 1. The molecule has 0 aliphatic heterocycles. The number of hydrogen-bond acceptors (Lipinski definition) is 5. The summed E-state index contributed by atoms with van der Waals surface area (Å²) in [6, 6.07) is 3.14. The van der Waals surface area contributed by atoms with Crippen LogP contribution in [0.5, 0.6) is 0 Å². The maximum absolute atomic E-state index is 12.7. The summed E-state index contributed by atoms with van der Waals surface area (Å²) in [5, 5.41) is 12.4. The van der Waals surface area contributed by atoms with Gasteiger partial charge in [-0.3, -0.25) is 9.89 Å².